The smallest absolute Gasteiger partial charge is 0.147 e. The molecule has 1 saturated heterocycles. The quantitative estimate of drug-likeness (QED) is 0.942. The minimum Gasteiger partial charge on any atom is -0.382 e. The Labute approximate surface area is 124 Å². The summed E-state index contributed by atoms with van der Waals surface area (Å²) < 4.78 is 4.37. The molecule has 1 aliphatic heterocycles. The van der Waals surface area contributed by atoms with Gasteiger partial charge in [-0.15, -0.1) is 0 Å². The highest BCUT2D eigenvalue weighted by Gasteiger charge is 2.28. The molecular weight excluding hydrogens is 268 g/mol. The predicted octanol–water partition coefficient (Wildman–Crippen LogP) is 2.53. The van der Waals surface area contributed by atoms with E-state index in [1.165, 1.54) is 23.0 Å². The van der Waals surface area contributed by atoms with E-state index in [0.717, 1.165) is 24.2 Å². The van der Waals surface area contributed by atoms with Crippen LogP contribution in [-0.2, 0) is 0 Å². The third kappa shape index (κ3) is 2.39. The van der Waals surface area contributed by atoms with Crippen molar-refractivity contribution in [3.05, 3.63) is 30.3 Å². The molecule has 1 atom stereocenters. The molecule has 0 saturated carbocycles. The molecule has 0 aliphatic carbocycles. The molecule has 1 unspecified atom stereocenters. The molecule has 0 amide bonds. The predicted molar refractivity (Wildman–Crippen MR) is 86.3 cm³/mol. The van der Waals surface area contributed by atoms with Crippen LogP contribution >= 0.6 is 11.5 Å². The number of likely N-dealkylation sites (N-methyl/N-ethyl adjacent to an activating group) is 1. The van der Waals surface area contributed by atoms with Gasteiger partial charge in [-0.05, 0) is 37.6 Å². The van der Waals surface area contributed by atoms with E-state index >= 15 is 0 Å². The van der Waals surface area contributed by atoms with Gasteiger partial charge >= 0.3 is 0 Å². The van der Waals surface area contributed by atoms with E-state index in [-0.39, 0.29) is 0 Å². The van der Waals surface area contributed by atoms with Crippen molar-refractivity contribution in [2.24, 2.45) is 0 Å². The van der Waals surface area contributed by atoms with Crippen molar-refractivity contribution >= 4 is 22.4 Å². The van der Waals surface area contributed by atoms with Gasteiger partial charge in [-0.2, -0.15) is 4.37 Å². The maximum atomic E-state index is 6.10. The molecule has 5 heteroatoms. The fraction of sp³-hybridized carbons (Fsp3) is 0.400. The number of nitrogen functional groups attached to an aromatic ring is 1. The largest absolute Gasteiger partial charge is 0.382 e. The second kappa shape index (κ2) is 5.42. The molecule has 106 valence electrons. The first-order valence-corrected chi connectivity index (χ1v) is 7.66. The summed E-state index contributed by atoms with van der Waals surface area (Å²) in [6.07, 6.45) is 1.19. The Morgan fingerprint density at radius 1 is 1.30 bits per heavy atom. The van der Waals surface area contributed by atoms with Crippen LogP contribution in [0.1, 0.15) is 6.42 Å². The molecule has 1 aromatic carbocycles. The Morgan fingerprint density at radius 2 is 2.05 bits per heavy atom. The lowest BCUT2D eigenvalue weighted by Crippen LogP contribution is -2.31. The summed E-state index contributed by atoms with van der Waals surface area (Å²) in [5.41, 5.74) is 8.34. The van der Waals surface area contributed by atoms with Crippen molar-refractivity contribution in [1.82, 2.24) is 9.27 Å². The van der Waals surface area contributed by atoms with Gasteiger partial charge in [0.05, 0.1) is 5.56 Å². The number of rotatable bonds is 3. The summed E-state index contributed by atoms with van der Waals surface area (Å²) in [7, 11) is 4.29. The second-order valence-corrected chi connectivity index (χ2v) is 6.22. The number of aromatic nitrogens is 1. The maximum Gasteiger partial charge on any atom is 0.147 e. The molecular formula is C15H20N4S. The number of hydrogen-bond donors (Lipinski definition) is 1. The zero-order chi connectivity index (χ0) is 14.1. The average molecular weight is 288 g/mol. The Bertz CT molecular complexity index is 579. The Balaban J connectivity index is 1.93. The monoisotopic (exact) mass is 288 g/mol. The summed E-state index contributed by atoms with van der Waals surface area (Å²) in [5.74, 6) is 0.643. The van der Waals surface area contributed by atoms with Crippen molar-refractivity contribution in [3.63, 3.8) is 0 Å². The molecule has 2 heterocycles. The first kappa shape index (κ1) is 13.4. The van der Waals surface area contributed by atoms with Crippen LogP contribution in [0.3, 0.4) is 0 Å². The van der Waals surface area contributed by atoms with E-state index in [1.807, 2.05) is 18.2 Å². The van der Waals surface area contributed by atoms with Crippen LogP contribution in [0.25, 0.3) is 11.1 Å². The topological polar surface area (TPSA) is 45.4 Å². The van der Waals surface area contributed by atoms with Crippen LogP contribution in [0.2, 0.25) is 0 Å². The SMILES string of the molecule is CN(C)C1CCN(c2snc(N)c2-c2ccccc2)C1. The van der Waals surface area contributed by atoms with Gasteiger partial charge in [0.25, 0.3) is 0 Å². The molecule has 3 rings (SSSR count). The van der Waals surface area contributed by atoms with Crippen molar-refractivity contribution in [2.45, 2.75) is 12.5 Å². The molecule has 2 aromatic rings. The fourth-order valence-electron chi connectivity index (χ4n) is 2.73. The third-order valence-corrected chi connectivity index (χ3v) is 4.87. The number of nitrogens with zero attached hydrogens (tertiary/aromatic N) is 3. The van der Waals surface area contributed by atoms with Crippen LogP contribution in [0.4, 0.5) is 10.8 Å². The summed E-state index contributed by atoms with van der Waals surface area (Å²) in [4.78, 5) is 4.72. The molecule has 2 N–H and O–H groups in total. The van der Waals surface area contributed by atoms with Crippen LogP contribution < -0.4 is 10.6 Å². The lowest BCUT2D eigenvalue weighted by Gasteiger charge is -2.21. The zero-order valence-corrected chi connectivity index (χ0v) is 12.7. The van der Waals surface area contributed by atoms with Crippen LogP contribution in [-0.4, -0.2) is 42.5 Å². The number of hydrogen-bond acceptors (Lipinski definition) is 5. The summed E-state index contributed by atoms with van der Waals surface area (Å²) >= 11 is 1.51. The summed E-state index contributed by atoms with van der Waals surface area (Å²) in [5, 5.41) is 1.21. The van der Waals surface area contributed by atoms with Gasteiger partial charge in [-0.1, -0.05) is 30.3 Å². The minimum absolute atomic E-state index is 0.613. The minimum atomic E-state index is 0.613. The Morgan fingerprint density at radius 3 is 2.70 bits per heavy atom. The molecule has 1 aromatic heterocycles. The van der Waals surface area contributed by atoms with E-state index in [0.29, 0.717) is 11.9 Å². The first-order valence-electron chi connectivity index (χ1n) is 6.88. The van der Waals surface area contributed by atoms with Crippen LogP contribution in [0.15, 0.2) is 30.3 Å². The van der Waals surface area contributed by atoms with E-state index in [1.54, 1.807) is 0 Å². The van der Waals surface area contributed by atoms with Crippen molar-refractivity contribution in [2.75, 3.05) is 37.8 Å². The first-order chi connectivity index (χ1) is 9.66. The van der Waals surface area contributed by atoms with Gasteiger partial charge in [0.15, 0.2) is 0 Å². The Hall–Kier alpha value is -1.59. The molecule has 0 radical (unpaired) electrons. The van der Waals surface area contributed by atoms with Gasteiger partial charge in [0, 0.05) is 19.1 Å². The van der Waals surface area contributed by atoms with Crippen molar-refractivity contribution < 1.29 is 0 Å². The van der Waals surface area contributed by atoms with Crippen molar-refractivity contribution in [1.29, 1.82) is 0 Å². The highest BCUT2D eigenvalue weighted by atomic mass is 32.1. The summed E-state index contributed by atoms with van der Waals surface area (Å²) in [6.45, 7) is 2.12. The maximum absolute atomic E-state index is 6.10. The van der Waals surface area contributed by atoms with Crippen molar-refractivity contribution in [3.8, 4) is 11.1 Å². The van der Waals surface area contributed by atoms with Gasteiger partial charge in [0.1, 0.15) is 10.8 Å². The molecule has 1 aliphatic rings. The normalized spacial score (nSPS) is 18.9. The summed E-state index contributed by atoms with van der Waals surface area (Å²) in [6, 6.07) is 10.9. The van der Waals surface area contributed by atoms with E-state index in [2.05, 4.69) is 40.4 Å². The number of benzene rings is 1. The molecule has 4 nitrogen and oxygen atoms in total. The second-order valence-electron chi connectivity index (χ2n) is 5.47. The third-order valence-electron chi connectivity index (χ3n) is 3.94. The van der Waals surface area contributed by atoms with Gasteiger partial charge in [-0.3, -0.25) is 0 Å². The molecule has 0 bridgehead atoms. The highest BCUT2D eigenvalue weighted by molar-refractivity contribution is 7.11. The Kier molecular flexibility index (Phi) is 3.63. The van der Waals surface area contributed by atoms with Gasteiger partial charge < -0.3 is 15.5 Å². The standard InChI is InChI=1S/C15H20N4S/c1-18(2)12-8-9-19(10-12)15-13(14(16)17-20-15)11-6-4-3-5-7-11/h3-7,12H,8-10H2,1-2H3,(H2,16,17). The molecule has 0 spiro atoms. The van der Waals surface area contributed by atoms with Crippen LogP contribution in [0, 0.1) is 0 Å². The molecule has 20 heavy (non-hydrogen) atoms. The fourth-order valence-corrected chi connectivity index (χ4v) is 3.60. The van der Waals surface area contributed by atoms with E-state index in [4.69, 9.17) is 5.73 Å². The lowest BCUT2D eigenvalue weighted by atomic mass is 10.1. The van der Waals surface area contributed by atoms with E-state index in [9.17, 15) is 0 Å². The number of nitrogens with two attached hydrogens (primary N) is 1. The van der Waals surface area contributed by atoms with Gasteiger partial charge in [-0.25, -0.2) is 0 Å². The van der Waals surface area contributed by atoms with E-state index < -0.39 is 0 Å². The lowest BCUT2D eigenvalue weighted by molar-refractivity contribution is 0.315. The number of anilines is 2. The average Bonchev–Trinajstić information content (AvgIpc) is 3.06. The van der Waals surface area contributed by atoms with Crippen LogP contribution in [0.5, 0.6) is 0 Å². The highest BCUT2D eigenvalue weighted by Crippen LogP contribution is 2.40. The zero-order valence-electron chi connectivity index (χ0n) is 11.9. The molecule has 1 fully saturated rings. The van der Waals surface area contributed by atoms with Gasteiger partial charge in [0.2, 0.25) is 0 Å².